The summed E-state index contributed by atoms with van der Waals surface area (Å²) in [5.41, 5.74) is 4.43. The zero-order chi connectivity index (χ0) is 12.4. The number of hydrogen-bond acceptors (Lipinski definition) is 3. The Hall–Kier alpha value is -2.07. The number of hydrogen-bond donors (Lipinski definition) is 2. The van der Waals surface area contributed by atoms with Crippen molar-refractivity contribution in [2.75, 3.05) is 0 Å². The van der Waals surface area contributed by atoms with Crippen LogP contribution in [0.25, 0.3) is 11.0 Å². The third kappa shape index (κ3) is 2.02. The van der Waals surface area contributed by atoms with Crippen molar-refractivity contribution in [3.8, 4) is 0 Å². The van der Waals surface area contributed by atoms with Crippen molar-refractivity contribution in [1.82, 2.24) is 15.5 Å². The molecule has 0 aliphatic rings. The Morgan fingerprint density at radius 1 is 1.22 bits per heavy atom. The fourth-order valence-electron chi connectivity index (χ4n) is 2.06. The van der Waals surface area contributed by atoms with Crippen molar-refractivity contribution in [2.24, 2.45) is 0 Å². The van der Waals surface area contributed by atoms with Crippen LogP contribution in [0.4, 0.5) is 0 Å². The number of para-hydroxylation sites is 1. The van der Waals surface area contributed by atoms with E-state index >= 15 is 0 Å². The molecule has 92 valence electrons. The molecule has 0 fully saturated rings. The molecule has 0 spiro atoms. The zero-order valence-electron chi connectivity index (χ0n) is 10.2. The summed E-state index contributed by atoms with van der Waals surface area (Å²) in [6.07, 6.45) is 3.68. The van der Waals surface area contributed by atoms with Crippen molar-refractivity contribution in [3.05, 3.63) is 53.5 Å². The van der Waals surface area contributed by atoms with Crippen molar-refractivity contribution < 1.29 is 4.42 Å². The van der Waals surface area contributed by atoms with Gasteiger partial charge in [-0.3, -0.25) is 5.10 Å². The molecule has 0 aliphatic heterocycles. The number of rotatable bonds is 4. The smallest absolute Gasteiger partial charge is 0.134 e. The van der Waals surface area contributed by atoms with Gasteiger partial charge in [0.25, 0.3) is 0 Å². The van der Waals surface area contributed by atoms with Gasteiger partial charge in [-0.05, 0) is 13.0 Å². The molecule has 0 unspecified atom stereocenters. The summed E-state index contributed by atoms with van der Waals surface area (Å²) in [5, 5.41) is 11.5. The summed E-state index contributed by atoms with van der Waals surface area (Å²) in [4.78, 5) is 0. The highest BCUT2D eigenvalue weighted by Gasteiger charge is 2.05. The Morgan fingerprint density at radius 2 is 2.06 bits per heavy atom. The molecule has 0 saturated carbocycles. The fourth-order valence-corrected chi connectivity index (χ4v) is 2.06. The SMILES string of the molecule is Cc1[nH]ncc1CNCc1coc2ccccc12. The third-order valence-electron chi connectivity index (χ3n) is 3.13. The second-order valence-corrected chi connectivity index (χ2v) is 4.38. The highest BCUT2D eigenvalue weighted by atomic mass is 16.3. The fraction of sp³-hybridized carbons (Fsp3) is 0.214. The number of aryl methyl sites for hydroxylation is 1. The van der Waals surface area contributed by atoms with Crippen molar-refractivity contribution in [2.45, 2.75) is 20.0 Å². The molecule has 1 aromatic carbocycles. The van der Waals surface area contributed by atoms with E-state index < -0.39 is 0 Å². The number of fused-ring (bicyclic) bond motifs is 1. The van der Waals surface area contributed by atoms with Gasteiger partial charge in [-0.2, -0.15) is 5.10 Å². The van der Waals surface area contributed by atoms with Crippen molar-refractivity contribution >= 4 is 11.0 Å². The average Bonchev–Trinajstić information content (AvgIpc) is 2.97. The standard InChI is InChI=1S/C14H15N3O/c1-10-11(8-16-17-10)6-15-7-12-9-18-14-5-3-2-4-13(12)14/h2-5,8-9,15H,6-7H2,1H3,(H,16,17). The maximum Gasteiger partial charge on any atom is 0.134 e. The lowest BCUT2D eigenvalue weighted by Crippen LogP contribution is -2.12. The largest absolute Gasteiger partial charge is 0.464 e. The molecule has 3 rings (SSSR count). The van der Waals surface area contributed by atoms with Gasteiger partial charge in [0.2, 0.25) is 0 Å². The van der Waals surface area contributed by atoms with E-state index in [1.54, 1.807) is 0 Å². The van der Waals surface area contributed by atoms with Gasteiger partial charge in [0.05, 0.1) is 12.5 Å². The van der Waals surface area contributed by atoms with Gasteiger partial charge < -0.3 is 9.73 Å². The van der Waals surface area contributed by atoms with Crippen LogP contribution in [0, 0.1) is 6.92 Å². The lowest BCUT2D eigenvalue weighted by molar-refractivity contribution is 0.602. The molecule has 0 bridgehead atoms. The van der Waals surface area contributed by atoms with Gasteiger partial charge >= 0.3 is 0 Å². The molecular weight excluding hydrogens is 226 g/mol. The molecule has 4 nitrogen and oxygen atoms in total. The van der Waals surface area contributed by atoms with Gasteiger partial charge in [-0.15, -0.1) is 0 Å². The van der Waals surface area contributed by atoms with Gasteiger partial charge in [0, 0.05) is 35.3 Å². The van der Waals surface area contributed by atoms with E-state index in [0.717, 1.165) is 24.4 Å². The zero-order valence-corrected chi connectivity index (χ0v) is 10.2. The Morgan fingerprint density at radius 3 is 2.89 bits per heavy atom. The van der Waals surface area contributed by atoms with E-state index in [1.807, 2.05) is 37.6 Å². The molecule has 0 aliphatic carbocycles. The summed E-state index contributed by atoms with van der Waals surface area (Å²) < 4.78 is 5.50. The van der Waals surface area contributed by atoms with Crippen LogP contribution in [0.1, 0.15) is 16.8 Å². The van der Waals surface area contributed by atoms with E-state index in [-0.39, 0.29) is 0 Å². The first-order valence-corrected chi connectivity index (χ1v) is 5.99. The number of aromatic nitrogens is 2. The van der Waals surface area contributed by atoms with E-state index in [2.05, 4.69) is 21.6 Å². The van der Waals surface area contributed by atoms with Crippen LogP contribution in [0.15, 0.2) is 41.1 Å². The van der Waals surface area contributed by atoms with Crippen LogP contribution in [0.2, 0.25) is 0 Å². The number of H-pyrrole nitrogens is 1. The Kier molecular flexibility index (Phi) is 2.86. The maximum absolute atomic E-state index is 5.50. The molecule has 2 N–H and O–H groups in total. The summed E-state index contributed by atoms with van der Waals surface area (Å²) in [6, 6.07) is 8.08. The summed E-state index contributed by atoms with van der Waals surface area (Å²) in [6.45, 7) is 3.63. The molecule has 2 heterocycles. The first-order valence-electron chi connectivity index (χ1n) is 5.99. The molecule has 0 saturated heterocycles. The predicted octanol–water partition coefficient (Wildman–Crippen LogP) is 2.75. The quantitative estimate of drug-likeness (QED) is 0.738. The van der Waals surface area contributed by atoms with E-state index in [9.17, 15) is 0 Å². The van der Waals surface area contributed by atoms with Crippen molar-refractivity contribution in [1.29, 1.82) is 0 Å². The normalized spacial score (nSPS) is 11.2. The minimum absolute atomic E-state index is 0.793. The monoisotopic (exact) mass is 241 g/mol. The van der Waals surface area contributed by atoms with E-state index in [4.69, 9.17) is 4.42 Å². The number of aromatic amines is 1. The Labute approximate surface area is 105 Å². The summed E-state index contributed by atoms with van der Waals surface area (Å²) >= 11 is 0. The number of furan rings is 1. The lowest BCUT2D eigenvalue weighted by atomic mass is 10.2. The van der Waals surface area contributed by atoms with E-state index in [1.165, 1.54) is 16.5 Å². The molecule has 2 aromatic heterocycles. The Balaban J connectivity index is 1.68. The molecule has 0 amide bonds. The molecule has 4 heteroatoms. The molecule has 18 heavy (non-hydrogen) atoms. The van der Waals surface area contributed by atoms with Crippen LogP contribution in [-0.4, -0.2) is 10.2 Å². The predicted molar refractivity (Wildman–Crippen MR) is 70.1 cm³/mol. The summed E-state index contributed by atoms with van der Waals surface area (Å²) in [5.74, 6) is 0. The first-order chi connectivity index (χ1) is 8.84. The minimum Gasteiger partial charge on any atom is -0.464 e. The van der Waals surface area contributed by atoms with E-state index in [0.29, 0.717) is 0 Å². The van der Waals surface area contributed by atoms with Crippen LogP contribution >= 0.6 is 0 Å². The second-order valence-electron chi connectivity index (χ2n) is 4.38. The van der Waals surface area contributed by atoms with Crippen LogP contribution in [0.5, 0.6) is 0 Å². The van der Waals surface area contributed by atoms with Gasteiger partial charge in [-0.1, -0.05) is 18.2 Å². The molecule has 0 radical (unpaired) electrons. The number of benzene rings is 1. The highest BCUT2D eigenvalue weighted by Crippen LogP contribution is 2.20. The van der Waals surface area contributed by atoms with Crippen LogP contribution in [-0.2, 0) is 13.1 Å². The van der Waals surface area contributed by atoms with Gasteiger partial charge in [-0.25, -0.2) is 0 Å². The molecular formula is C14H15N3O. The van der Waals surface area contributed by atoms with Crippen LogP contribution in [0.3, 0.4) is 0 Å². The van der Waals surface area contributed by atoms with Crippen molar-refractivity contribution in [3.63, 3.8) is 0 Å². The minimum atomic E-state index is 0.793. The van der Waals surface area contributed by atoms with Crippen LogP contribution < -0.4 is 5.32 Å². The second kappa shape index (κ2) is 4.66. The highest BCUT2D eigenvalue weighted by molar-refractivity contribution is 5.80. The maximum atomic E-state index is 5.50. The first kappa shape index (κ1) is 11.0. The Bertz CT molecular complexity index is 654. The molecule has 0 atom stereocenters. The lowest BCUT2D eigenvalue weighted by Gasteiger charge is -2.02. The van der Waals surface area contributed by atoms with Gasteiger partial charge in [0.1, 0.15) is 5.58 Å². The average molecular weight is 241 g/mol. The number of nitrogens with zero attached hydrogens (tertiary/aromatic N) is 1. The number of nitrogens with one attached hydrogen (secondary N) is 2. The summed E-state index contributed by atoms with van der Waals surface area (Å²) in [7, 11) is 0. The molecule has 3 aromatic rings. The topological polar surface area (TPSA) is 53.9 Å². The van der Waals surface area contributed by atoms with Gasteiger partial charge in [0.15, 0.2) is 0 Å². The third-order valence-corrected chi connectivity index (χ3v) is 3.13.